The van der Waals surface area contributed by atoms with E-state index < -0.39 is 21.2 Å². The maximum absolute atomic E-state index is 12.8. The second-order valence-corrected chi connectivity index (χ2v) is 9.26. The molecular weight excluding hydrogens is 438 g/mol. The molecule has 2 aromatic rings. The van der Waals surface area contributed by atoms with E-state index in [1.54, 1.807) is 42.5 Å². The number of hydrogen-bond acceptors (Lipinski definition) is 6. The summed E-state index contributed by atoms with van der Waals surface area (Å²) in [6, 6.07) is 14.6. The van der Waals surface area contributed by atoms with Gasteiger partial charge in [0.2, 0.25) is 11.8 Å². The Bertz CT molecular complexity index is 1120. The molecule has 1 aliphatic heterocycles. The Balaban J connectivity index is 1.77. The number of carbonyl (C=O) groups is 2. The van der Waals surface area contributed by atoms with Gasteiger partial charge in [0, 0.05) is 24.7 Å². The molecule has 1 atom stereocenters. The Morgan fingerprint density at radius 1 is 1.26 bits per heavy atom. The molecule has 1 saturated heterocycles. The topological polar surface area (TPSA) is 105 Å². The third kappa shape index (κ3) is 5.53. The number of sulfonamides is 1. The molecule has 3 rings (SSSR count). The first-order valence-electron chi connectivity index (χ1n) is 9.27. The molecule has 0 aromatic heterocycles. The second-order valence-electron chi connectivity index (χ2n) is 6.49. The molecule has 8 nitrogen and oxygen atoms in total. The van der Waals surface area contributed by atoms with Gasteiger partial charge in [-0.1, -0.05) is 42.1 Å². The molecule has 1 aliphatic rings. The number of nitrogens with one attached hydrogen (secondary N) is 1. The standard InChI is InChI=1S/C21H21N3O5S2/c1-3-12-24-20(26)18(14-19(25)22-15-8-7-9-16(13-15)29-2)30-21(24)23-31(27,28)17-10-5-4-6-11-17/h3-11,13,18H,1,12,14H2,2H3,(H,22,25). The van der Waals surface area contributed by atoms with E-state index in [9.17, 15) is 18.0 Å². The highest BCUT2D eigenvalue weighted by Crippen LogP contribution is 2.31. The van der Waals surface area contributed by atoms with Crippen LogP contribution in [0.25, 0.3) is 0 Å². The third-order valence-electron chi connectivity index (χ3n) is 4.30. The van der Waals surface area contributed by atoms with Gasteiger partial charge in [0.05, 0.1) is 12.0 Å². The Kier molecular flexibility index (Phi) is 7.13. The summed E-state index contributed by atoms with van der Waals surface area (Å²) in [4.78, 5) is 26.5. The molecule has 2 amide bonds. The first kappa shape index (κ1) is 22.6. The van der Waals surface area contributed by atoms with Crippen molar-refractivity contribution in [2.24, 2.45) is 4.40 Å². The van der Waals surface area contributed by atoms with Crippen LogP contribution in [0.1, 0.15) is 6.42 Å². The second kappa shape index (κ2) is 9.80. The van der Waals surface area contributed by atoms with Gasteiger partial charge < -0.3 is 10.1 Å². The molecule has 1 fully saturated rings. The molecule has 2 aromatic carbocycles. The number of rotatable bonds is 8. The number of amides is 2. The van der Waals surface area contributed by atoms with Crippen molar-refractivity contribution < 1.29 is 22.7 Å². The molecular formula is C21H21N3O5S2. The van der Waals surface area contributed by atoms with Gasteiger partial charge in [0.15, 0.2) is 5.17 Å². The molecule has 0 spiro atoms. The molecule has 162 valence electrons. The van der Waals surface area contributed by atoms with Crippen molar-refractivity contribution in [3.8, 4) is 5.75 Å². The predicted molar refractivity (Wildman–Crippen MR) is 121 cm³/mol. The molecule has 31 heavy (non-hydrogen) atoms. The highest BCUT2D eigenvalue weighted by molar-refractivity contribution is 8.16. The minimum Gasteiger partial charge on any atom is -0.497 e. The van der Waals surface area contributed by atoms with E-state index in [2.05, 4.69) is 16.3 Å². The van der Waals surface area contributed by atoms with Gasteiger partial charge in [-0.25, -0.2) is 0 Å². The highest BCUT2D eigenvalue weighted by atomic mass is 32.2. The quantitative estimate of drug-likeness (QED) is 0.609. The largest absolute Gasteiger partial charge is 0.497 e. The summed E-state index contributed by atoms with van der Waals surface area (Å²) in [6.07, 6.45) is 1.33. The number of carbonyl (C=O) groups excluding carboxylic acids is 2. The van der Waals surface area contributed by atoms with E-state index >= 15 is 0 Å². The number of benzene rings is 2. The summed E-state index contributed by atoms with van der Waals surface area (Å²) in [6.45, 7) is 3.69. The Morgan fingerprint density at radius 2 is 2.00 bits per heavy atom. The molecule has 0 bridgehead atoms. The first-order chi connectivity index (χ1) is 14.8. The Labute approximate surface area is 185 Å². The Morgan fingerprint density at radius 3 is 2.68 bits per heavy atom. The molecule has 1 heterocycles. The minimum atomic E-state index is -4.00. The molecule has 0 saturated carbocycles. The molecule has 10 heteroatoms. The lowest BCUT2D eigenvalue weighted by Crippen LogP contribution is -2.33. The average molecular weight is 460 g/mol. The van der Waals surface area contributed by atoms with Crippen LogP contribution in [0.3, 0.4) is 0 Å². The van der Waals surface area contributed by atoms with E-state index in [0.717, 1.165) is 11.8 Å². The van der Waals surface area contributed by atoms with Crippen molar-refractivity contribution in [2.45, 2.75) is 16.6 Å². The summed E-state index contributed by atoms with van der Waals surface area (Å²) in [5.74, 6) is -0.195. The molecule has 1 N–H and O–H groups in total. The van der Waals surface area contributed by atoms with Crippen LogP contribution in [0.5, 0.6) is 5.75 Å². The van der Waals surface area contributed by atoms with Gasteiger partial charge >= 0.3 is 0 Å². The first-order valence-corrected chi connectivity index (χ1v) is 11.6. The van der Waals surface area contributed by atoms with Crippen molar-refractivity contribution in [1.82, 2.24) is 4.90 Å². The fourth-order valence-electron chi connectivity index (χ4n) is 2.84. The lowest BCUT2D eigenvalue weighted by atomic mass is 10.2. The van der Waals surface area contributed by atoms with Gasteiger partial charge in [-0.05, 0) is 24.3 Å². The van der Waals surface area contributed by atoms with E-state index in [1.807, 2.05) is 0 Å². The van der Waals surface area contributed by atoms with Gasteiger partial charge in [-0.3, -0.25) is 14.5 Å². The van der Waals surface area contributed by atoms with Crippen LogP contribution in [0.2, 0.25) is 0 Å². The van der Waals surface area contributed by atoms with Crippen LogP contribution in [0.4, 0.5) is 5.69 Å². The zero-order valence-electron chi connectivity index (χ0n) is 16.7. The normalized spacial score (nSPS) is 17.6. The smallest absolute Gasteiger partial charge is 0.284 e. The minimum absolute atomic E-state index is 0.0212. The van der Waals surface area contributed by atoms with Gasteiger partial charge in [0.1, 0.15) is 11.0 Å². The number of ether oxygens (including phenoxy) is 1. The average Bonchev–Trinajstić information content (AvgIpc) is 3.03. The SMILES string of the molecule is C=CCN1C(=O)C(CC(=O)Nc2cccc(OC)c2)SC1=NS(=O)(=O)c1ccccc1. The fourth-order valence-corrected chi connectivity index (χ4v) is 5.22. The summed E-state index contributed by atoms with van der Waals surface area (Å²) < 4.78 is 34.2. The number of amidine groups is 1. The number of anilines is 1. The van der Waals surface area contributed by atoms with Crippen LogP contribution >= 0.6 is 11.8 Å². The van der Waals surface area contributed by atoms with Gasteiger partial charge in [-0.2, -0.15) is 8.42 Å². The zero-order chi connectivity index (χ0) is 22.4. The number of nitrogens with zero attached hydrogens (tertiary/aromatic N) is 2. The number of methoxy groups -OCH3 is 1. The summed E-state index contributed by atoms with van der Waals surface area (Å²) in [5.41, 5.74) is 0.531. The Hall–Kier alpha value is -3.11. The van der Waals surface area contributed by atoms with E-state index in [1.165, 1.54) is 30.2 Å². The van der Waals surface area contributed by atoms with E-state index in [0.29, 0.717) is 11.4 Å². The summed E-state index contributed by atoms with van der Waals surface area (Å²) in [5, 5.41) is 1.94. The van der Waals surface area contributed by atoms with Crippen molar-refractivity contribution in [3.63, 3.8) is 0 Å². The number of hydrogen-bond donors (Lipinski definition) is 1. The monoisotopic (exact) mass is 459 g/mol. The molecule has 0 aliphatic carbocycles. The van der Waals surface area contributed by atoms with Crippen LogP contribution in [-0.4, -0.2) is 49.2 Å². The van der Waals surface area contributed by atoms with Crippen LogP contribution in [0, 0.1) is 0 Å². The van der Waals surface area contributed by atoms with Gasteiger partial charge in [-0.15, -0.1) is 11.0 Å². The van der Waals surface area contributed by atoms with Crippen molar-refractivity contribution in [3.05, 3.63) is 67.3 Å². The fraction of sp³-hybridized carbons (Fsp3) is 0.190. The van der Waals surface area contributed by atoms with Crippen LogP contribution in [0.15, 0.2) is 76.5 Å². The van der Waals surface area contributed by atoms with E-state index in [4.69, 9.17) is 4.74 Å². The maximum Gasteiger partial charge on any atom is 0.284 e. The lowest BCUT2D eigenvalue weighted by molar-refractivity contribution is -0.127. The maximum atomic E-state index is 12.8. The van der Waals surface area contributed by atoms with Crippen molar-refractivity contribution in [1.29, 1.82) is 0 Å². The lowest BCUT2D eigenvalue weighted by Gasteiger charge is -2.13. The third-order valence-corrected chi connectivity index (χ3v) is 6.87. The van der Waals surface area contributed by atoms with Crippen molar-refractivity contribution >= 4 is 44.5 Å². The van der Waals surface area contributed by atoms with Gasteiger partial charge in [0.25, 0.3) is 10.0 Å². The molecule has 0 radical (unpaired) electrons. The summed E-state index contributed by atoms with van der Waals surface area (Å²) in [7, 11) is -2.48. The number of thioether (sulfide) groups is 1. The van der Waals surface area contributed by atoms with Crippen LogP contribution < -0.4 is 10.1 Å². The highest BCUT2D eigenvalue weighted by Gasteiger charge is 2.39. The van der Waals surface area contributed by atoms with E-state index in [-0.39, 0.29) is 28.9 Å². The summed E-state index contributed by atoms with van der Waals surface area (Å²) >= 11 is 0.949. The molecule has 1 unspecified atom stereocenters. The van der Waals surface area contributed by atoms with Crippen molar-refractivity contribution in [2.75, 3.05) is 19.0 Å². The predicted octanol–water partition coefficient (Wildman–Crippen LogP) is 2.90. The van der Waals surface area contributed by atoms with Crippen LogP contribution in [-0.2, 0) is 19.6 Å². The zero-order valence-corrected chi connectivity index (χ0v) is 18.4.